The Bertz CT molecular complexity index is 858. The number of hydrogen-bond donors (Lipinski definition) is 0. The average Bonchev–Trinajstić information content (AvgIpc) is 2.72. The molecule has 1 nitrogen and oxygen atoms in total. The van der Waals surface area contributed by atoms with Gasteiger partial charge < -0.3 is 4.74 Å². The predicted octanol–water partition coefficient (Wildman–Crippen LogP) is 7.68. The molecule has 3 rings (SSSR count). The third kappa shape index (κ3) is 5.31. The maximum absolute atomic E-state index is 14.9. The minimum atomic E-state index is -2.96. The Morgan fingerprint density at radius 3 is 2.45 bits per heavy atom. The molecule has 0 saturated carbocycles. The standard InChI is InChI=1S/C25H27F3O/c1-2-3-4-8-15-25(22-12-11-21(18-23(22)26)29-24(27)28)16-13-20(14-17-25)19-9-6-5-7-10-19/h5-7,9-14,16,18,24H,2-4,8,15,17H2,1H3. The zero-order valence-corrected chi connectivity index (χ0v) is 16.7. The molecule has 0 heterocycles. The topological polar surface area (TPSA) is 9.23 Å². The van der Waals surface area contributed by atoms with E-state index in [1.54, 1.807) is 6.07 Å². The lowest BCUT2D eigenvalue weighted by molar-refractivity contribution is -0.0500. The van der Waals surface area contributed by atoms with E-state index in [0.29, 0.717) is 12.0 Å². The van der Waals surface area contributed by atoms with Gasteiger partial charge in [-0.1, -0.05) is 87.2 Å². The second-order valence-corrected chi connectivity index (χ2v) is 7.55. The molecule has 29 heavy (non-hydrogen) atoms. The molecule has 0 aliphatic heterocycles. The molecule has 1 unspecified atom stereocenters. The number of alkyl halides is 2. The summed E-state index contributed by atoms with van der Waals surface area (Å²) in [5.41, 5.74) is 2.31. The van der Waals surface area contributed by atoms with Crippen LogP contribution in [0.4, 0.5) is 13.2 Å². The van der Waals surface area contributed by atoms with Crippen LogP contribution in [0, 0.1) is 5.82 Å². The Morgan fingerprint density at radius 2 is 1.83 bits per heavy atom. The molecule has 1 atom stereocenters. The van der Waals surface area contributed by atoms with Crippen LogP contribution >= 0.6 is 0 Å². The summed E-state index contributed by atoms with van der Waals surface area (Å²) in [5, 5.41) is 0. The molecule has 0 radical (unpaired) electrons. The minimum absolute atomic E-state index is 0.150. The van der Waals surface area contributed by atoms with Crippen molar-refractivity contribution >= 4 is 5.57 Å². The van der Waals surface area contributed by atoms with E-state index < -0.39 is 17.8 Å². The molecule has 0 aromatic heterocycles. The first-order chi connectivity index (χ1) is 14.0. The molecule has 154 valence electrons. The first-order valence-corrected chi connectivity index (χ1v) is 10.2. The highest BCUT2D eigenvalue weighted by molar-refractivity contribution is 5.75. The van der Waals surface area contributed by atoms with Crippen molar-refractivity contribution in [1.29, 1.82) is 0 Å². The fourth-order valence-electron chi connectivity index (χ4n) is 3.98. The van der Waals surface area contributed by atoms with Crippen LogP contribution in [0.5, 0.6) is 5.75 Å². The highest BCUT2D eigenvalue weighted by Gasteiger charge is 2.33. The number of halogens is 3. The summed E-state index contributed by atoms with van der Waals surface area (Å²) in [6.45, 7) is -0.804. The Balaban J connectivity index is 1.88. The van der Waals surface area contributed by atoms with Crippen LogP contribution in [0.2, 0.25) is 0 Å². The van der Waals surface area contributed by atoms with Gasteiger partial charge in [0.25, 0.3) is 0 Å². The molecule has 2 aromatic carbocycles. The van der Waals surface area contributed by atoms with Gasteiger partial charge in [0.2, 0.25) is 0 Å². The van der Waals surface area contributed by atoms with Crippen LogP contribution in [-0.2, 0) is 5.41 Å². The van der Waals surface area contributed by atoms with Gasteiger partial charge in [0.1, 0.15) is 11.6 Å². The van der Waals surface area contributed by atoms with Crippen molar-refractivity contribution in [2.24, 2.45) is 0 Å². The maximum Gasteiger partial charge on any atom is 0.387 e. The molecular weight excluding hydrogens is 373 g/mol. The second kappa shape index (κ2) is 9.82. The molecule has 4 heteroatoms. The lowest BCUT2D eigenvalue weighted by atomic mass is 9.70. The molecule has 0 N–H and O–H groups in total. The third-order valence-corrected chi connectivity index (χ3v) is 5.55. The van der Waals surface area contributed by atoms with Crippen molar-refractivity contribution in [3.63, 3.8) is 0 Å². The number of unbranched alkanes of at least 4 members (excludes halogenated alkanes) is 3. The van der Waals surface area contributed by atoms with Crippen LogP contribution < -0.4 is 4.74 Å². The van der Waals surface area contributed by atoms with Crippen molar-refractivity contribution in [2.45, 2.75) is 57.5 Å². The van der Waals surface area contributed by atoms with E-state index in [9.17, 15) is 13.2 Å². The summed E-state index contributed by atoms with van der Waals surface area (Å²) in [7, 11) is 0. The Morgan fingerprint density at radius 1 is 1.03 bits per heavy atom. The van der Waals surface area contributed by atoms with Gasteiger partial charge in [0.05, 0.1) is 0 Å². The molecule has 1 aliphatic carbocycles. The zero-order valence-electron chi connectivity index (χ0n) is 16.7. The fourth-order valence-corrected chi connectivity index (χ4v) is 3.98. The number of ether oxygens (including phenoxy) is 1. The maximum atomic E-state index is 14.9. The van der Waals surface area contributed by atoms with Gasteiger partial charge in [0, 0.05) is 11.5 Å². The predicted molar refractivity (Wildman–Crippen MR) is 112 cm³/mol. The first-order valence-electron chi connectivity index (χ1n) is 10.2. The lowest BCUT2D eigenvalue weighted by Crippen LogP contribution is -2.26. The SMILES string of the molecule is CCCCCCC1(c2ccc(OC(F)F)cc2F)C=CC(c2ccccc2)=CC1. The first kappa shape index (κ1) is 21.2. The quantitative estimate of drug-likeness (QED) is 0.392. The van der Waals surface area contributed by atoms with Gasteiger partial charge in [0.15, 0.2) is 0 Å². The molecule has 0 amide bonds. The molecule has 0 spiro atoms. The van der Waals surface area contributed by atoms with Gasteiger partial charge in [-0.05, 0) is 35.6 Å². The van der Waals surface area contributed by atoms with Crippen LogP contribution in [-0.4, -0.2) is 6.61 Å². The van der Waals surface area contributed by atoms with E-state index >= 15 is 0 Å². The van der Waals surface area contributed by atoms with E-state index in [2.05, 4.69) is 42.0 Å². The molecular formula is C25H27F3O. The summed E-state index contributed by atoms with van der Waals surface area (Å²) in [6.07, 6.45) is 12.1. The lowest BCUT2D eigenvalue weighted by Gasteiger charge is -2.34. The van der Waals surface area contributed by atoms with Crippen molar-refractivity contribution in [1.82, 2.24) is 0 Å². The van der Waals surface area contributed by atoms with Gasteiger partial charge in [-0.25, -0.2) is 4.39 Å². The van der Waals surface area contributed by atoms with E-state index in [0.717, 1.165) is 49.3 Å². The smallest absolute Gasteiger partial charge is 0.387 e. The van der Waals surface area contributed by atoms with Gasteiger partial charge >= 0.3 is 6.61 Å². The Hall–Kier alpha value is -2.49. The Kier molecular flexibility index (Phi) is 7.18. The fraction of sp³-hybridized carbons (Fsp3) is 0.360. The largest absolute Gasteiger partial charge is 0.435 e. The van der Waals surface area contributed by atoms with Crippen LogP contribution in [0.1, 0.15) is 56.6 Å². The summed E-state index contributed by atoms with van der Waals surface area (Å²) >= 11 is 0. The summed E-state index contributed by atoms with van der Waals surface area (Å²) < 4.78 is 44.2. The highest BCUT2D eigenvalue weighted by Crippen LogP contribution is 2.42. The number of rotatable bonds is 9. The molecule has 0 bridgehead atoms. The van der Waals surface area contributed by atoms with Crippen LogP contribution in [0.25, 0.3) is 5.57 Å². The van der Waals surface area contributed by atoms with Crippen molar-refractivity contribution in [3.05, 3.63) is 83.7 Å². The monoisotopic (exact) mass is 400 g/mol. The summed E-state index contributed by atoms with van der Waals surface area (Å²) in [6, 6.07) is 14.2. The van der Waals surface area contributed by atoms with Crippen molar-refractivity contribution < 1.29 is 17.9 Å². The van der Waals surface area contributed by atoms with Crippen molar-refractivity contribution in [2.75, 3.05) is 0 Å². The van der Waals surface area contributed by atoms with E-state index in [4.69, 9.17) is 0 Å². The van der Waals surface area contributed by atoms with E-state index in [1.807, 2.05) is 18.2 Å². The normalized spacial score (nSPS) is 18.7. The van der Waals surface area contributed by atoms with Crippen LogP contribution in [0.15, 0.2) is 66.8 Å². The number of hydrogen-bond acceptors (Lipinski definition) is 1. The molecule has 0 fully saturated rings. The summed E-state index contributed by atoms with van der Waals surface area (Å²) in [5.74, 6) is -0.650. The minimum Gasteiger partial charge on any atom is -0.435 e. The van der Waals surface area contributed by atoms with E-state index in [-0.39, 0.29) is 5.75 Å². The second-order valence-electron chi connectivity index (χ2n) is 7.55. The van der Waals surface area contributed by atoms with Crippen LogP contribution in [0.3, 0.4) is 0 Å². The third-order valence-electron chi connectivity index (χ3n) is 5.55. The number of benzene rings is 2. The highest BCUT2D eigenvalue weighted by atomic mass is 19.3. The molecule has 0 saturated heterocycles. The Labute approximate surface area is 170 Å². The van der Waals surface area contributed by atoms with Gasteiger partial charge in [-0.2, -0.15) is 8.78 Å². The zero-order chi connectivity index (χ0) is 20.7. The molecule has 1 aliphatic rings. The number of allylic oxidation sites excluding steroid dienone is 4. The van der Waals surface area contributed by atoms with Crippen molar-refractivity contribution in [3.8, 4) is 5.75 Å². The average molecular weight is 400 g/mol. The molecule has 2 aromatic rings. The van der Waals surface area contributed by atoms with E-state index in [1.165, 1.54) is 6.07 Å². The van der Waals surface area contributed by atoms with Gasteiger partial charge in [-0.3, -0.25) is 0 Å². The van der Waals surface area contributed by atoms with Gasteiger partial charge in [-0.15, -0.1) is 0 Å². The summed E-state index contributed by atoms with van der Waals surface area (Å²) in [4.78, 5) is 0.